The monoisotopic (exact) mass is 386 g/mol. The van der Waals surface area contributed by atoms with Crippen molar-refractivity contribution >= 4 is 27.6 Å². The van der Waals surface area contributed by atoms with Crippen molar-refractivity contribution < 1.29 is 13.2 Å². The van der Waals surface area contributed by atoms with Crippen LogP contribution in [-0.2, 0) is 20.4 Å². The maximum atomic E-state index is 12.2. The van der Waals surface area contributed by atoms with E-state index in [2.05, 4.69) is 9.71 Å². The number of para-hydroxylation sites is 1. The Morgan fingerprint density at radius 2 is 1.89 bits per heavy atom. The zero-order valence-electron chi connectivity index (χ0n) is 15.4. The Balaban J connectivity index is 2.07. The van der Waals surface area contributed by atoms with E-state index in [0.29, 0.717) is 5.69 Å². The molecule has 0 aromatic heterocycles. The zero-order chi connectivity index (χ0) is 19.8. The minimum Gasteiger partial charge on any atom is -0.369 e. The molecule has 0 fully saturated rings. The van der Waals surface area contributed by atoms with Crippen LogP contribution in [0.3, 0.4) is 0 Å². The number of anilines is 1. The van der Waals surface area contributed by atoms with Crippen molar-refractivity contribution in [1.82, 2.24) is 4.90 Å². The largest absolute Gasteiger partial charge is 0.369 e. The van der Waals surface area contributed by atoms with Gasteiger partial charge in [0, 0.05) is 12.6 Å². The van der Waals surface area contributed by atoms with Gasteiger partial charge in [-0.3, -0.25) is 14.4 Å². The highest BCUT2D eigenvalue weighted by Crippen LogP contribution is 2.36. The fourth-order valence-corrected chi connectivity index (χ4v) is 3.70. The summed E-state index contributed by atoms with van der Waals surface area (Å²) in [6.07, 6.45) is 1.32. The molecule has 0 radical (unpaired) electrons. The third-order valence-corrected chi connectivity index (χ3v) is 5.18. The predicted molar refractivity (Wildman–Crippen MR) is 107 cm³/mol. The number of hydrogen-bond donors (Lipinski definition) is 2. The van der Waals surface area contributed by atoms with Crippen LogP contribution < -0.4 is 10.5 Å². The van der Waals surface area contributed by atoms with Gasteiger partial charge in [-0.25, -0.2) is 13.4 Å². The van der Waals surface area contributed by atoms with Crippen LogP contribution in [0.5, 0.6) is 0 Å². The van der Waals surface area contributed by atoms with Crippen molar-refractivity contribution in [3.8, 4) is 11.1 Å². The average molecular weight is 386 g/mol. The molecule has 1 atom stereocenters. The van der Waals surface area contributed by atoms with Crippen LogP contribution in [0.1, 0.15) is 18.9 Å². The second kappa shape index (κ2) is 6.70. The lowest BCUT2D eigenvalue weighted by molar-refractivity contribution is -0.128. The van der Waals surface area contributed by atoms with Gasteiger partial charge in [0.1, 0.15) is 0 Å². The Morgan fingerprint density at radius 1 is 1.19 bits per heavy atom. The molecular weight excluding hydrogens is 364 g/mol. The Bertz CT molecular complexity index is 1030. The van der Waals surface area contributed by atoms with Gasteiger partial charge in [0.15, 0.2) is 5.96 Å². The summed E-state index contributed by atoms with van der Waals surface area (Å²) in [5, 5.41) is 0. The highest BCUT2D eigenvalue weighted by molar-refractivity contribution is 7.92. The lowest BCUT2D eigenvalue weighted by Crippen LogP contribution is -2.47. The Morgan fingerprint density at radius 3 is 2.56 bits per heavy atom. The van der Waals surface area contributed by atoms with Gasteiger partial charge >= 0.3 is 0 Å². The van der Waals surface area contributed by atoms with Gasteiger partial charge in [-0.05, 0) is 30.2 Å². The molecule has 0 bridgehead atoms. The minimum absolute atomic E-state index is 0.102. The number of guanidine groups is 1. The summed E-state index contributed by atoms with van der Waals surface area (Å²) >= 11 is 0. The maximum Gasteiger partial charge on any atom is 0.231 e. The van der Waals surface area contributed by atoms with Crippen molar-refractivity contribution in [2.45, 2.75) is 18.9 Å². The van der Waals surface area contributed by atoms with Crippen molar-refractivity contribution in [2.24, 2.45) is 10.7 Å². The third kappa shape index (κ3) is 3.95. The Hall–Kier alpha value is -2.87. The first-order valence-electron chi connectivity index (χ1n) is 8.39. The number of benzene rings is 2. The molecule has 0 aliphatic carbocycles. The van der Waals surface area contributed by atoms with Gasteiger partial charge in [-0.2, -0.15) is 0 Å². The molecule has 0 spiro atoms. The number of nitrogens with zero attached hydrogens (tertiary/aromatic N) is 2. The third-order valence-electron chi connectivity index (χ3n) is 4.59. The Labute approximate surface area is 159 Å². The zero-order valence-corrected chi connectivity index (χ0v) is 16.2. The molecule has 1 aliphatic rings. The normalized spacial score (nSPS) is 20.3. The van der Waals surface area contributed by atoms with Crippen LogP contribution in [0, 0.1) is 0 Å². The number of nitrogens with one attached hydrogen (secondary N) is 1. The number of hydrogen-bond acceptors (Lipinski definition) is 5. The van der Waals surface area contributed by atoms with Gasteiger partial charge < -0.3 is 5.73 Å². The number of carbonyl (C=O) groups is 1. The quantitative estimate of drug-likeness (QED) is 0.839. The number of sulfonamides is 1. The van der Waals surface area contributed by atoms with Crippen LogP contribution in [0.2, 0.25) is 0 Å². The van der Waals surface area contributed by atoms with Crippen LogP contribution in [0.25, 0.3) is 11.1 Å². The fraction of sp³-hybridized carbons (Fsp3) is 0.263. The standard InChI is InChI=1S/C19H22N4O3S/c1-19(12-17(24)23(2)18(20)21-19)14-8-6-7-13(11-14)15-9-4-5-10-16(15)22-27(3,25)26/h4-11,22H,12H2,1-3H3,(H2,20,21). The van der Waals surface area contributed by atoms with E-state index in [-0.39, 0.29) is 18.3 Å². The molecule has 7 nitrogen and oxygen atoms in total. The number of amides is 1. The second-order valence-corrected chi connectivity index (χ2v) is 8.62. The minimum atomic E-state index is -3.41. The van der Waals surface area contributed by atoms with Gasteiger partial charge in [-0.1, -0.05) is 36.4 Å². The summed E-state index contributed by atoms with van der Waals surface area (Å²) in [5.74, 6) is 0.0767. The first-order chi connectivity index (χ1) is 12.6. The van der Waals surface area contributed by atoms with Crippen LogP contribution in [0.4, 0.5) is 5.69 Å². The van der Waals surface area contributed by atoms with Crippen LogP contribution in [-0.4, -0.2) is 38.5 Å². The van der Waals surface area contributed by atoms with Crippen molar-refractivity contribution in [3.05, 3.63) is 54.1 Å². The summed E-state index contributed by atoms with van der Waals surface area (Å²) in [5.41, 5.74) is 8.01. The van der Waals surface area contributed by atoms with E-state index >= 15 is 0 Å². The predicted octanol–water partition coefficient (Wildman–Crippen LogP) is 2.12. The van der Waals surface area contributed by atoms with E-state index in [4.69, 9.17) is 5.73 Å². The van der Waals surface area contributed by atoms with Crippen molar-refractivity contribution in [1.29, 1.82) is 0 Å². The van der Waals surface area contributed by atoms with Gasteiger partial charge in [0.25, 0.3) is 0 Å². The molecular formula is C19H22N4O3S. The highest BCUT2D eigenvalue weighted by Gasteiger charge is 2.36. The number of aliphatic imine (C=N–C) groups is 1. The molecule has 3 N–H and O–H groups in total. The molecule has 1 heterocycles. The van der Waals surface area contributed by atoms with Gasteiger partial charge in [0.2, 0.25) is 15.9 Å². The summed E-state index contributed by atoms with van der Waals surface area (Å²) in [6.45, 7) is 1.87. The summed E-state index contributed by atoms with van der Waals surface area (Å²) in [6, 6.07) is 14.7. The smallest absolute Gasteiger partial charge is 0.231 e. The van der Waals surface area contributed by atoms with E-state index < -0.39 is 15.6 Å². The molecule has 142 valence electrons. The average Bonchev–Trinajstić information content (AvgIpc) is 2.59. The summed E-state index contributed by atoms with van der Waals surface area (Å²) in [4.78, 5) is 18.1. The van der Waals surface area contributed by atoms with E-state index in [9.17, 15) is 13.2 Å². The van der Waals surface area contributed by atoms with Crippen molar-refractivity contribution in [3.63, 3.8) is 0 Å². The van der Waals surface area contributed by atoms with E-state index in [0.717, 1.165) is 22.9 Å². The van der Waals surface area contributed by atoms with Gasteiger partial charge in [-0.15, -0.1) is 0 Å². The number of nitrogens with two attached hydrogens (primary N) is 1. The summed E-state index contributed by atoms with van der Waals surface area (Å²) in [7, 11) is -1.81. The molecule has 1 amide bonds. The fourth-order valence-electron chi connectivity index (χ4n) is 3.12. The molecule has 8 heteroatoms. The molecule has 2 aromatic rings. The molecule has 3 rings (SSSR count). The van der Waals surface area contributed by atoms with Crippen molar-refractivity contribution in [2.75, 3.05) is 18.0 Å². The van der Waals surface area contributed by atoms with E-state index in [1.165, 1.54) is 4.90 Å². The topological polar surface area (TPSA) is 105 Å². The Kier molecular flexibility index (Phi) is 4.69. The lowest BCUT2D eigenvalue weighted by Gasteiger charge is -2.33. The number of rotatable bonds is 4. The summed E-state index contributed by atoms with van der Waals surface area (Å²) < 4.78 is 25.9. The molecule has 1 unspecified atom stereocenters. The molecule has 0 saturated carbocycles. The first kappa shape index (κ1) is 18.9. The van der Waals surface area contributed by atoms with Gasteiger partial charge in [0.05, 0.1) is 23.9 Å². The SMILES string of the molecule is CN1C(=O)CC(C)(c2cccc(-c3ccccc3NS(C)(=O)=O)c2)N=C1N. The molecule has 27 heavy (non-hydrogen) atoms. The molecule has 2 aromatic carbocycles. The van der Waals surface area contributed by atoms with E-state index in [1.807, 2.05) is 43.3 Å². The second-order valence-electron chi connectivity index (χ2n) is 6.87. The number of carbonyl (C=O) groups excluding carboxylic acids is 1. The maximum absolute atomic E-state index is 12.2. The molecule has 0 saturated heterocycles. The lowest BCUT2D eigenvalue weighted by atomic mass is 9.86. The molecule has 1 aliphatic heterocycles. The van der Waals surface area contributed by atoms with Crippen LogP contribution in [0.15, 0.2) is 53.5 Å². The van der Waals surface area contributed by atoms with E-state index in [1.54, 1.807) is 19.2 Å². The van der Waals surface area contributed by atoms with Crippen LogP contribution >= 0.6 is 0 Å². The highest BCUT2D eigenvalue weighted by atomic mass is 32.2. The first-order valence-corrected chi connectivity index (χ1v) is 10.3.